The van der Waals surface area contributed by atoms with Gasteiger partial charge in [0, 0.05) is 13.3 Å². The Labute approximate surface area is 66.0 Å². The topological polar surface area (TPSA) is 43.4 Å². The van der Waals surface area contributed by atoms with E-state index in [1.165, 1.54) is 14.0 Å². The van der Waals surface area contributed by atoms with Gasteiger partial charge in [0.15, 0.2) is 5.78 Å². The first-order chi connectivity index (χ1) is 5.16. The molecule has 62 valence electrons. The molecule has 0 saturated carbocycles. The molecule has 0 heterocycles. The van der Waals surface area contributed by atoms with Crippen LogP contribution in [-0.4, -0.2) is 18.9 Å². The zero-order chi connectivity index (χ0) is 8.69. The Bertz CT molecular complexity index is 170. The van der Waals surface area contributed by atoms with Crippen molar-refractivity contribution in [1.29, 1.82) is 0 Å². The average Bonchev–Trinajstić information content (AvgIpc) is 2.41. The van der Waals surface area contributed by atoms with Crippen LogP contribution < -0.4 is 0 Å². The van der Waals surface area contributed by atoms with Crippen molar-refractivity contribution in [3.63, 3.8) is 0 Å². The summed E-state index contributed by atoms with van der Waals surface area (Å²) in [6.45, 7) is 1.36. The maximum absolute atomic E-state index is 10.2. The Kier molecular flexibility index (Phi) is 5.07. The minimum atomic E-state index is -0.245. The van der Waals surface area contributed by atoms with E-state index in [1.807, 2.05) is 6.08 Å². The quantitative estimate of drug-likeness (QED) is 0.493. The fraction of sp³-hybridized carbons (Fsp3) is 0.500. The minimum absolute atomic E-state index is 0.245. The van der Waals surface area contributed by atoms with Crippen LogP contribution in [0.15, 0.2) is 12.2 Å². The monoisotopic (exact) mass is 156 g/mol. The lowest BCUT2D eigenvalue weighted by atomic mass is 10.3. The number of hydrogen-bond donors (Lipinski definition) is 0. The lowest BCUT2D eigenvalue weighted by Crippen LogP contribution is -1.88. The fourth-order valence-electron chi connectivity index (χ4n) is 0.524. The molecular weight excluding hydrogens is 144 g/mol. The third-order valence-electron chi connectivity index (χ3n) is 1.15. The molecule has 0 amide bonds. The summed E-state index contributed by atoms with van der Waals surface area (Å²) >= 11 is 0. The predicted molar refractivity (Wildman–Crippen MR) is 41.1 cm³/mol. The van der Waals surface area contributed by atoms with E-state index in [0.717, 1.165) is 12.8 Å². The van der Waals surface area contributed by atoms with Crippen LogP contribution >= 0.6 is 0 Å². The van der Waals surface area contributed by atoms with Crippen LogP contribution in [0, 0.1) is 0 Å². The largest absolute Gasteiger partial charge is 0.469 e. The van der Waals surface area contributed by atoms with Gasteiger partial charge in [-0.2, -0.15) is 0 Å². The smallest absolute Gasteiger partial charge is 0.302 e. The van der Waals surface area contributed by atoms with Gasteiger partial charge in [-0.1, -0.05) is 6.08 Å². The van der Waals surface area contributed by atoms with Crippen LogP contribution in [0.1, 0.15) is 19.8 Å². The van der Waals surface area contributed by atoms with Crippen LogP contribution in [0.5, 0.6) is 0 Å². The van der Waals surface area contributed by atoms with Gasteiger partial charge in [0.1, 0.15) is 0 Å². The van der Waals surface area contributed by atoms with Gasteiger partial charge in [0.05, 0.1) is 7.11 Å². The van der Waals surface area contributed by atoms with Crippen molar-refractivity contribution in [2.24, 2.45) is 0 Å². The second kappa shape index (κ2) is 5.65. The first kappa shape index (κ1) is 9.88. The van der Waals surface area contributed by atoms with E-state index in [2.05, 4.69) is 4.74 Å². The van der Waals surface area contributed by atoms with Crippen LogP contribution in [0.25, 0.3) is 0 Å². The van der Waals surface area contributed by atoms with Crippen LogP contribution in [0.2, 0.25) is 0 Å². The summed E-state index contributed by atoms with van der Waals surface area (Å²) in [5.41, 5.74) is 0. The Morgan fingerprint density at radius 1 is 1.64 bits per heavy atom. The number of methoxy groups -OCH3 is 1. The molecule has 0 saturated heterocycles. The molecule has 0 aromatic carbocycles. The average molecular weight is 156 g/mol. The van der Waals surface area contributed by atoms with Crippen molar-refractivity contribution < 1.29 is 14.3 Å². The molecule has 0 aromatic rings. The molecule has 0 bridgehead atoms. The van der Waals surface area contributed by atoms with E-state index in [9.17, 15) is 9.59 Å². The van der Waals surface area contributed by atoms with Gasteiger partial charge in [0.2, 0.25) is 0 Å². The summed E-state index contributed by atoms with van der Waals surface area (Å²) in [7, 11) is 1.35. The number of allylic oxidation sites excluding steroid dienone is 2. The highest BCUT2D eigenvalue weighted by molar-refractivity contribution is 5.91. The molecule has 1 aliphatic rings. The Hall–Kier alpha value is -1.12. The predicted octanol–water partition coefficient (Wildman–Crippen LogP) is 1.08. The second-order valence-corrected chi connectivity index (χ2v) is 2.10. The molecule has 0 fully saturated rings. The summed E-state index contributed by atoms with van der Waals surface area (Å²) in [6.07, 6.45) is 5.24. The van der Waals surface area contributed by atoms with Crippen molar-refractivity contribution in [3.05, 3.63) is 12.2 Å². The van der Waals surface area contributed by atoms with Gasteiger partial charge in [-0.3, -0.25) is 9.59 Å². The Balaban J connectivity index is 0.000000187. The molecule has 1 rings (SSSR count). The first-order valence-electron chi connectivity index (χ1n) is 3.40. The third-order valence-corrected chi connectivity index (χ3v) is 1.15. The van der Waals surface area contributed by atoms with Crippen molar-refractivity contribution in [2.45, 2.75) is 19.8 Å². The standard InChI is InChI=1S/C5H6O.C3H6O2/c6-5-3-1-2-4-5;1-3(4)5-2/h1,3H,2,4H2;1-2H3. The van der Waals surface area contributed by atoms with Crippen LogP contribution in [-0.2, 0) is 14.3 Å². The third kappa shape index (κ3) is 6.77. The van der Waals surface area contributed by atoms with Crippen LogP contribution in [0.3, 0.4) is 0 Å². The highest BCUT2D eigenvalue weighted by Gasteiger charge is 1.98. The molecule has 1 aliphatic carbocycles. The van der Waals surface area contributed by atoms with Gasteiger partial charge < -0.3 is 4.74 Å². The van der Waals surface area contributed by atoms with Crippen molar-refractivity contribution >= 4 is 11.8 Å². The number of hydrogen-bond acceptors (Lipinski definition) is 3. The summed E-state index contributed by atoms with van der Waals surface area (Å²) in [6, 6.07) is 0. The molecule has 0 unspecified atom stereocenters. The zero-order valence-corrected chi connectivity index (χ0v) is 6.79. The fourth-order valence-corrected chi connectivity index (χ4v) is 0.524. The molecule has 0 atom stereocenters. The van der Waals surface area contributed by atoms with Gasteiger partial charge in [-0.05, 0) is 12.5 Å². The molecular formula is C8H12O3. The van der Waals surface area contributed by atoms with Gasteiger partial charge in [-0.15, -0.1) is 0 Å². The van der Waals surface area contributed by atoms with E-state index in [-0.39, 0.29) is 11.8 Å². The molecule has 0 aliphatic heterocycles. The van der Waals surface area contributed by atoms with Gasteiger partial charge in [-0.25, -0.2) is 0 Å². The van der Waals surface area contributed by atoms with Gasteiger partial charge in [0.25, 0.3) is 0 Å². The molecule has 3 nitrogen and oxygen atoms in total. The lowest BCUT2D eigenvalue weighted by molar-refractivity contribution is -0.137. The summed E-state index contributed by atoms with van der Waals surface area (Å²) in [4.78, 5) is 19.7. The number of ether oxygens (including phenoxy) is 1. The summed E-state index contributed by atoms with van der Waals surface area (Å²) in [5, 5.41) is 0. The minimum Gasteiger partial charge on any atom is -0.469 e. The summed E-state index contributed by atoms with van der Waals surface area (Å²) in [5.74, 6) is 0.0278. The molecule has 0 spiro atoms. The molecule has 0 N–H and O–H groups in total. The molecule has 0 radical (unpaired) electrons. The summed E-state index contributed by atoms with van der Waals surface area (Å²) < 4.78 is 4.11. The normalized spacial score (nSPS) is 13.8. The zero-order valence-electron chi connectivity index (χ0n) is 6.79. The lowest BCUT2D eigenvalue weighted by Gasteiger charge is -1.80. The first-order valence-corrected chi connectivity index (χ1v) is 3.40. The highest BCUT2D eigenvalue weighted by Crippen LogP contribution is 2.01. The molecule has 11 heavy (non-hydrogen) atoms. The highest BCUT2D eigenvalue weighted by atomic mass is 16.5. The Morgan fingerprint density at radius 3 is 2.27 bits per heavy atom. The maximum atomic E-state index is 10.2. The van der Waals surface area contributed by atoms with Crippen LogP contribution in [0.4, 0.5) is 0 Å². The molecule has 3 heteroatoms. The van der Waals surface area contributed by atoms with Gasteiger partial charge >= 0.3 is 5.97 Å². The maximum Gasteiger partial charge on any atom is 0.302 e. The van der Waals surface area contributed by atoms with Crippen molar-refractivity contribution in [1.82, 2.24) is 0 Å². The SMILES string of the molecule is COC(C)=O.O=C1C=CCC1. The van der Waals surface area contributed by atoms with Crippen molar-refractivity contribution in [3.8, 4) is 0 Å². The Morgan fingerprint density at radius 2 is 2.18 bits per heavy atom. The number of ketones is 1. The van der Waals surface area contributed by atoms with E-state index >= 15 is 0 Å². The second-order valence-electron chi connectivity index (χ2n) is 2.10. The van der Waals surface area contributed by atoms with E-state index in [4.69, 9.17) is 0 Å². The number of rotatable bonds is 0. The van der Waals surface area contributed by atoms with E-state index in [0.29, 0.717) is 0 Å². The number of esters is 1. The molecule has 0 aromatic heterocycles. The number of carbonyl (C=O) groups excluding carboxylic acids is 2. The van der Waals surface area contributed by atoms with Crippen molar-refractivity contribution in [2.75, 3.05) is 7.11 Å². The number of carbonyl (C=O) groups is 2. The van der Waals surface area contributed by atoms with E-state index < -0.39 is 0 Å². The van der Waals surface area contributed by atoms with E-state index in [1.54, 1.807) is 6.08 Å².